The lowest BCUT2D eigenvalue weighted by atomic mass is 10.1. The fourth-order valence-electron chi connectivity index (χ4n) is 2.31. The Bertz CT molecular complexity index is 350. The summed E-state index contributed by atoms with van der Waals surface area (Å²) < 4.78 is 1.19. The molecule has 1 aromatic rings. The van der Waals surface area contributed by atoms with Crippen molar-refractivity contribution in [2.45, 2.75) is 52.6 Å². The van der Waals surface area contributed by atoms with Crippen molar-refractivity contribution in [1.82, 2.24) is 10.2 Å². The molecule has 110 valence electrons. The van der Waals surface area contributed by atoms with Gasteiger partial charge < -0.3 is 10.2 Å². The number of nitrogens with zero attached hydrogens (tertiary/aromatic N) is 1. The molecule has 0 radical (unpaired) electrons. The molecule has 1 N–H and O–H groups in total. The molecular formula is C15H27BrN2S. The molecule has 2 atom stereocenters. The van der Waals surface area contributed by atoms with E-state index < -0.39 is 0 Å². The van der Waals surface area contributed by atoms with Gasteiger partial charge in [-0.3, -0.25) is 0 Å². The molecule has 0 saturated heterocycles. The lowest BCUT2D eigenvalue weighted by Crippen LogP contribution is -2.30. The van der Waals surface area contributed by atoms with E-state index in [1.165, 1.54) is 28.7 Å². The van der Waals surface area contributed by atoms with Gasteiger partial charge in [-0.25, -0.2) is 0 Å². The first kappa shape index (κ1) is 17.2. The van der Waals surface area contributed by atoms with E-state index in [4.69, 9.17) is 0 Å². The Morgan fingerprint density at radius 3 is 2.53 bits per heavy atom. The van der Waals surface area contributed by atoms with Gasteiger partial charge in [0.05, 0.1) is 0 Å². The molecule has 0 aromatic carbocycles. The molecule has 0 bridgehead atoms. The number of hydrogen-bond donors (Lipinski definition) is 1. The van der Waals surface area contributed by atoms with Crippen LogP contribution in [-0.4, -0.2) is 30.6 Å². The summed E-state index contributed by atoms with van der Waals surface area (Å²) in [4.78, 5) is 3.90. The normalized spacial score (nSPS) is 14.8. The van der Waals surface area contributed by atoms with Crippen LogP contribution in [0.5, 0.6) is 0 Å². The van der Waals surface area contributed by atoms with Gasteiger partial charge >= 0.3 is 0 Å². The highest BCUT2D eigenvalue weighted by Crippen LogP contribution is 2.25. The molecule has 0 aliphatic heterocycles. The third-order valence-corrected chi connectivity index (χ3v) is 5.43. The van der Waals surface area contributed by atoms with Crippen LogP contribution in [0, 0.1) is 0 Å². The zero-order valence-electron chi connectivity index (χ0n) is 12.6. The fourth-order valence-corrected chi connectivity index (χ4v) is 3.77. The van der Waals surface area contributed by atoms with E-state index in [0.717, 1.165) is 13.1 Å². The lowest BCUT2D eigenvalue weighted by molar-refractivity contribution is 0.288. The van der Waals surface area contributed by atoms with Crippen molar-refractivity contribution in [2.75, 3.05) is 19.6 Å². The van der Waals surface area contributed by atoms with Crippen LogP contribution < -0.4 is 5.32 Å². The Labute approximate surface area is 130 Å². The largest absolute Gasteiger partial charge is 0.307 e. The summed E-state index contributed by atoms with van der Waals surface area (Å²) in [6, 6.07) is 3.23. The Kier molecular flexibility index (Phi) is 8.23. The molecule has 1 rings (SSSR count). The molecule has 0 fully saturated rings. The fraction of sp³-hybridized carbons (Fsp3) is 0.733. The summed E-state index contributed by atoms with van der Waals surface area (Å²) in [5.41, 5.74) is 0. The Balaban J connectivity index is 2.25. The number of thiophene rings is 1. The number of nitrogens with one attached hydrogen (secondary N) is 1. The molecule has 0 saturated carbocycles. The van der Waals surface area contributed by atoms with E-state index in [9.17, 15) is 0 Å². The van der Waals surface area contributed by atoms with Crippen molar-refractivity contribution in [3.63, 3.8) is 0 Å². The van der Waals surface area contributed by atoms with Gasteiger partial charge in [-0.15, -0.1) is 11.3 Å². The van der Waals surface area contributed by atoms with Crippen molar-refractivity contribution < 1.29 is 0 Å². The maximum atomic E-state index is 3.69. The van der Waals surface area contributed by atoms with Gasteiger partial charge in [0.1, 0.15) is 0 Å². The van der Waals surface area contributed by atoms with Gasteiger partial charge in [0.15, 0.2) is 0 Å². The van der Waals surface area contributed by atoms with Crippen LogP contribution in [0.25, 0.3) is 0 Å². The smallest absolute Gasteiger partial charge is 0.0388 e. The predicted molar refractivity (Wildman–Crippen MR) is 90.1 cm³/mol. The van der Waals surface area contributed by atoms with Gasteiger partial charge in [-0.1, -0.05) is 13.8 Å². The number of rotatable bonds is 9. The zero-order chi connectivity index (χ0) is 14.3. The second kappa shape index (κ2) is 9.11. The summed E-state index contributed by atoms with van der Waals surface area (Å²) in [5.74, 6) is 0. The number of hydrogen-bond acceptors (Lipinski definition) is 3. The molecule has 1 heterocycles. The first-order chi connectivity index (χ1) is 9.06. The third kappa shape index (κ3) is 6.39. The van der Waals surface area contributed by atoms with Gasteiger partial charge in [0, 0.05) is 26.8 Å². The van der Waals surface area contributed by atoms with Crippen molar-refractivity contribution >= 4 is 27.3 Å². The first-order valence-corrected chi connectivity index (χ1v) is 8.96. The standard InChI is InChI=1S/C15H27BrN2S/c1-5-18(6-2)9-7-8-12(3)17-13(4)15-10-14(16)11-19-15/h10-13,17H,5-9H2,1-4H3. The lowest BCUT2D eigenvalue weighted by Gasteiger charge is -2.22. The van der Waals surface area contributed by atoms with Crippen molar-refractivity contribution in [3.8, 4) is 0 Å². The minimum atomic E-state index is 0.444. The molecule has 0 amide bonds. The average molecular weight is 347 g/mol. The minimum Gasteiger partial charge on any atom is -0.307 e. The van der Waals surface area contributed by atoms with Gasteiger partial charge in [-0.05, 0) is 68.3 Å². The molecule has 4 heteroatoms. The van der Waals surface area contributed by atoms with Gasteiger partial charge in [-0.2, -0.15) is 0 Å². The van der Waals surface area contributed by atoms with Crippen LogP contribution in [0.4, 0.5) is 0 Å². The van der Waals surface area contributed by atoms with Crippen molar-refractivity contribution in [1.29, 1.82) is 0 Å². The highest BCUT2D eigenvalue weighted by molar-refractivity contribution is 9.10. The third-order valence-electron chi connectivity index (χ3n) is 3.55. The molecule has 19 heavy (non-hydrogen) atoms. The first-order valence-electron chi connectivity index (χ1n) is 7.29. The Morgan fingerprint density at radius 2 is 2.00 bits per heavy atom. The molecule has 0 aliphatic rings. The average Bonchev–Trinajstić information content (AvgIpc) is 2.81. The van der Waals surface area contributed by atoms with Crippen LogP contribution in [0.3, 0.4) is 0 Å². The summed E-state index contributed by atoms with van der Waals surface area (Å²) in [5, 5.41) is 5.84. The summed E-state index contributed by atoms with van der Waals surface area (Å²) in [6.45, 7) is 12.6. The highest BCUT2D eigenvalue weighted by atomic mass is 79.9. The van der Waals surface area contributed by atoms with Gasteiger partial charge in [0.2, 0.25) is 0 Å². The maximum absolute atomic E-state index is 3.69. The second-order valence-corrected chi connectivity index (χ2v) is 6.98. The van der Waals surface area contributed by atoms with E-state index in [1.807, 2.05) is 11.3 Å². The van der Waals surface area contributed by atoms with Crippen LogP contribution in [0.1, 0.15) is 51.5 Å². The van der Waals surface area contributed by atoms with Crippen molar-refractivity contribution in [3.05, 3.63) is 20.8 Å². The van der Waals surface area contributed by atoms with Crippen LogP contribution in [-0.2, 0) is 0 Å². The van der Waals surface area contributed by atoms with Gasteiger partial charge in [0.25, 0.3) is 0 Å². The van der Waals surface area contributed by atoms with E-state index in [2.05, 4.69) is 65.3 Å². The maximum Gasteiger partial charge on any atom is 0.0388 e. The predicted octanol–water partition coefficient (Wildman–Crippen LogP) is 4.67. The van der Waals surface area contributed by atoms with E-state index >= 15 is 0 Å². The monoisotopic (exact) mass is 346 g/mol. The molecular weight excluding hydrogens is 320 g/mol. The van der Waals surface area contributed by atoms with Crippen LogP contribution in [0.2, 0.25) is 0 Å². The summed E-state index contributed by atoms with van der Waals surface area (Å²) in [7, 11) is 0. The van der Waals surface area contributed by atoms with E-state index in [-0.39, 0.29) is 0 Å². The SMILES string of the molecule is CCN(CC)CCCC(C)NC(C)c1cc(Br)cs1. The van der Waals surface area contributed by atoms with E-state index in [1.54, 1.807) is 0 Å². The minimum absolute atomic E-state index is 0.444. The summed E-state index contributed by atoms with van der Waals surface area (Å²) in [6.07, 6.45) is 2.52. The molecule has 0 spiro atoms. The number of halogens is 1. The summed E-state index contributed by atoms with van der Waals surface area (Å²) >= 11 is 5.34. The topological polar surface area (TPSA) is 15.3 Å². The molecule has 1 aromatic heterocycles. The zero-order valence-corrected chi connectivity index (χ0v) is 15.0. The van der Waals surface area contributed by atoms with Crippen LogP contribution >= 0.6 is 27.3 Å². The molecule has 2 unspecified atom stereocenters. The molecule has 0 aliphatic carbocycles. The van der Waals surface area contributed by atoms with Crippen LogP contribution in [0.15, 0.2) is 15.9 Å². The highest BCUT2D eigenvalue weighted by Gasteiger charge is 2.11. The second-order valence-electron chi connectivity index (χ2n) is 5.13. The molecule has 2 nitrogen and oxygen atoms in total. The van der Waals surface area contributed by atoms with Crippen molar-refractivity contribution in [2.24, 2.45) is 0 Å². The Morgan fingerprint density at radius 1 is 1.32 bits per heavy atom. The van der Waals surface area contributed by atoms with E-state index in [0.29, 0.717) is 12.1 Å². The Hall–Kier alpha value is 0.1000. The quantitative estimate of drug-likeness (QED) is 0.698.